The highest BCUT2D eigenvalue weighted by molar-refractivity contribution is 4.92. The van der Waals surface area contributed by atoms with Gasteiger partial charge in [-0.1, -0.05) is 18.6 Å². The van der Waals surface area contributed by atoms with E-state index in [1.54, 1.807) is 7.11 Å². The Hall–Kier alpha value is -0.300. The number of hydrogen-bond donors (Lipinski definition) is 0. The molecule has 0 aromatic rings. The first kappa shape index (κ1) is 11.7. The van der Waals surface area contributed by atoms with Crippen LogP contribution in [0.5, 0.6) is 0 Å². The molecular formula is C11H22O. The topological polar surface area (TPSA) is 9.23 Å². The Labute approximate surface area is 76.8 Å². The van der Waals surface area contributed by atoms with Crippen LogP contribution in [0.4, 0.5) is 0 Å². The van der Waals surface area contributed by atoms with Crippen molar-refractivity contribution in [2.75, 3.05) is 13.7 Å². The van der Waals surface area contributed by atoms with Gasteiger partial charge >= 0.3 is 0 Å². The summed E-state index contributed by atoms with van der Waals surface area (Å²) >= 11 is 0. The second-order valence-electron chi connectivity index (χ2n) is 3.75. The summed E-state index contributed by atoms with van der Waals surface area (Å²) in [7, 11) is 1.77. The smallest absolute Gasteiger partial charge is 0.0464 e. The summed E-state index contributed by atoms with van der Waals surface area (Å²) in [4.78, 5) is 0. The Morgan fingerprint density at radius 1 is 1.33 bits per heavy atom. The van der Waals surface area contributed by atoms with E-state index in [0.717, 1.165) is 12.5 Å². The summed E-state index contributed by atoms with van der Waals surface area (Å²) in [5, 5.41) is 0. The van der Waals surface area contributed by atoms with Crippen molar-refractivity contribution in [3.05, 3.63) is 11.6 Å². The molecule has 1 unspecified atom stereocenters. The summed E-state index contributed by atoms with van der Waals surface area (Å²) in [5.41, 5.74) is 1.42. The first-order valence-electron chi connectivity index (χ1n) is 4.79. The van der Waals surface area contributed by atoms with Gasteiger partial charge < -0.3 is 4.74 Å². The summed E-state index contributed by atoms with van der Waals surface area (Å²) in [6.45, 7) is 7.49. The number of rotatable bonds is 6. The standard InChI is InChI=1S/C11H22O/c1-10(2)6-5-7-11(3)8-9-12-4/h6,11H,5,7-9H2,1-4H3. The molecule has 0 fully saturated rings. The third-order valence-electron chi connectivity index (χ3n) is 2.03. The van der Waals surface area contributed by atoms with Crippen LogP contribution in [-0.2, 0) is 4.74 Å². The lowest BCUT2D eigenvalue weighted by molar-refractivity contribution is 0.178. The fourth-order valence-electron chi connectivity index (χ4n) is 1.12. The molecule has 0 N–H and O–H groups in total. The van der Waals surface area contributed by atoms with Crippen molar-refractivity contribution in [1.82, 2.24) is 0 Å². The highest BCUT2D eigenvalue weighted by atomic mass is 16.5. The minimum absolute atomic E-state index is 0.792. The summed E-state index contributed by atoms with van der Waals surface area (Å²) in [6.07, 6.45) is 6.00. The minimum atomic E-state index is 0.792. The summed E-state index contributed by atoms with van der Waals surface area (Å²) in [5.74, 6) is 0.792. The van der Waals surface area contributed by atoms with Crippen molar-refractivity contribution in [2.24, 2.45) is 5.92 Å². The van der Waals surface area contributed by atoms with E-state index in [0.29, 0.717) is 0 Å². The van der Waals surface area contributed by atoms with Crippen LogP contribution >= 0.6 is 0 Å². The van der Waals surface area contributed by atoms with E-state index in [4.69, 9.17) is 4.74 Å². The summed E-state index contributed by atoms with van der Waals surface area (Å²) < 4.78 is 5.02. The molecule has 0 saturated heterocycles. The predicted octanol–water partition coefficient (Wildman–Crippen LogP) is 3.41. The third kappa shape index (κ3) is 7.80. The van der Waals surface area contributed by atoms with Crippen molar-refractivity contribution in [3.8, 4) is 0 Å². The molecular weight excluding hydrogens is 148 g/mol. The highest BCUT2D eigenvalue weighted by Crippen LogP contribution is 2.11. The van der Waals surface area contributed by atoms with Gasteiger partial charge in [-0.3, -0.25) is 0 Å². The number of ether oxygens (including phenoxy) is 1. The van der Waals surface area contributed by atoms with Crippen LogP contribution in [-0.4, -0.2) is 13.7 Å². The van der Waals surface area contributed by atoms with E-state index in [1.165, 1.54) is 24.8 Å². The fraction of sp³-hybridized carbons (Fsp3) is 0.818. The fourth-order valence-corrected chi connectivity index (χ4v) is 1.12. The molecule has 0 amide bonds. The SMILES string of the molecule is COCCC(C)CCC=C(C)C. The van der Waals surface area contributed by atoms with Gasteiger partial charge in [0.25, 0.3) is 0 Å². The molecule has 0 aliphatic carbocycles. The van der Waals surface area contributed by atoms with Crippen molar-refractivity contribution in [3.63, 3.8) is 0 Å². The van der Waals surface area contributed by atoms with Crippen LogP contribution in [0, 0.1) is 5.92 Å². The zero-order valence-corrected chi connectivity index (χ0v) is 8.89. The van der Waals surface area contributed by atoms with E-state index >= 15 is 0 Å². The van der Waals surface area contributed by atoms with Crippen LogP contribution in [0.2, 0.25) is 0 Å². The van der Waals surface area contributed by atoms with Crippen molar-refractivity contribution in [2.45, 2.75) is 40.0 Å². The highest BCUT2D eigenvalue weighted by Gasteiger charge is 1.99. The second kappa shape index (κ2) is 7.35. The largest absolute Gasteiger partial charge is 0.385 e. The average Bonchev–Trinajstić information content (AvgIpc) is 2.00. The Balaban J connectivity index is 3.31. The van der Waals surface area contributed by atoms with E-state index in [-0.39, 0.29) is 0 Å². The van der Waals surface area contributed by atoms with E-state index < -0.39 is 0 Å². The Morgan fingerprint density at radius 2 is 2.00 bits per heavy atom. The lowest BCUT2D eigenvalue weighted by Gasteiger charge is -2.08. The van der Waals surface area contributed by atoms with Gasteiger partial charge in [-0.25, -0.2) is 0 Å². The van der Waals surface area contributed by atoms with Gasteiger partial charge in [0.05, 0.1) is 0 Å². The average molecular weight is 170 g/mol. The molecule has 0 bridgehead atoms. The molecule has 0 aromatic carbocycles. The Morgan fingerprint density at radius 3 is 2.50 bits per heavy atom. The Kier molecular flexibility index (Phi) is 7.17. The second-order valence-corrected chi connectivity index (χ2v) is 3.75. The molecule has 12 heavy (non-hydrogen) atoms. The molecule has 0 heterocycles. The zero-order valence-electron chi connectivity index (χ0n) is 8.89. The number of hydrogen-bond acceptors (Lipinski definition) is 1. The third-order valence-corrected chi connectivity index (χ3v) is 2.03. The van der Waals surface area contributed by atoms with Gasteiger partial charge in [-0.05, 0) is 39.0 Å². The molecule has 0 aliphatic heterocycles. The molecule has 0 spiro atoms. The summed E-state index contributed by atoms with van der Waals surface area (Å²) in [6, 6.07) is 0. The predicted molar refractivity (Wildman–Crippen MR) is 54.3 cm³/mol. The monoisotopic (exact) mass is 170 g/mol. The maximum absolute atomic E-state index is 5.02. The molecule has 0 aliphatic rings. The van der Waals surface area contributed by atoms with Crippen LogP contribution in [0.25, 0.3) is 0 Å². The molecule has 72 valence electrons. The van der Waals surface area contributed by atoms with Gasteiger partial charge in [-0.15, -0.1) is 0 Å². The van der Waals surface area contributed by atoms with Gasteiger partial charge in [0.1, 0.15) is 0 Å². The van der Waals surface area contributed by atoms with Crippen molar-refractivity contribution < 1.29 is 4.74 Å². The first-order valence-corrected chi connectivity index (χ1v) is 4.79. The molecule has 0 radical (unpaired) electrons. The van der Waals surface area contributed by atoms with Crippen molar-refractivity contribution in [1.29, 1.82) is 0 Å². The lowest BCUT2D eigenvalue weighted by atomic mass is 10.0. The molecule has 0 saturated carbocycles. The lowest BCUT2D eigenvalue weighted by Crippen LogP contribution is -1.99. The van der Waals surface area contributed by atoms with Crippen LogP contribution in [0.1, 0.15) is 40.0 Å². The van der Waals surface area contributed by atoms with E-state index in [2.05, 4.69) is 26.8 Å². The number of methoxy groups -OCH3 is 1. The Bertz CT molecular complexity index is 123. The maximum atomic E-state index is 5.02. The molecule has 0 rings (SSSR count). The quantitative estimate of drug-likeness (QED) is 0.555. The number of allylic oxidation sites excluding steroid dienone is 2. The minimum Gasteiger partial charge on any atom is -0.385 e. The van der Waals surface area contributed by atoms with Gasteiger partial charge in [0.2, 0.25) is 0 Å². The van der Waals surface area contributed by atoms with E-state index in [1.807, 2.05) is 0 Å². The molecule has 1 heteroatoms. The van der Waals surface area contributed by atoms with Gasteiger partial charge in [0.15, 0.2) is 0 Å². The van der Waals surface area contributed by atoms with Crippen LogP contribution in [0.15, 0.2) is 11.6 Å². The molecule has 1 nitrogen and oxygen atoms in total. The van der Waals surface area contributed by atoms with Crippen molar-refractivity contribution >= 4 is 0 Å². The van der Waals surface area contributed by atoms with E-state index in [9.17, 15) is 0 Å². The first-order chi connectivity index (χ1) is 5.66. The van der Waals surface area contributed by atoms with Crippen LogP contribution in [0.3, 0.4) is 0 Å². The van der Waals surface area contributed by atoms with Crippen LogP contribution < -0.4 is 0 Å². The van der Waals surface area contributed by atoms with Gasteiger partial charge in [-0.2, -0.15) is 0 Å². The normalized spacial score (nSPS) is 12.7. The molecule has 1 atom stereocenters. The van der Waals surface area contributed by atoms with Gasteiger partial charge in [0, 0.05) is 13.7 Å². The zero-order chi connectivity index (χ0) is 9.40. The molecule has 0 aromatic heterocycles. The maximum Gasteiger partial charge on any atom is 0.0464 e.